The summed E-state index contributed by atoms with van der Waals surface area (Å²) in [5.41, 5.74) is 2.04. The Morgan fingerprint density at radius 3 is 2.70 bits per heavy atom. The van der Waals surface area contributed by atoms with E-state index in [1.165, 1.54) is 0 Å². The largest absolute Gasteiger partial charge is 0.493 e. The van der Waals surface area contributed by atoms with Gasteiger partial charge in [-0.25, -0.2) is 4.98 Å². The molecule has 1 aromatic heterocycles. The molecule has 4 rings (SSSR count). The second-order valence-electron chi connectivity index (χ2n) is 8.46. The van der Waals surface area contributed by atoms with Gasteiger partial charge in [-0.3, -0.25) is 14.2 Å². The molecule has 0 radical (unpaired) electrons. The Kier molecular flexibility index (Phi) is 6.96. The lowest BCUT2D eigenvalue weighted by atomic mass is 10.1. The van der Waals surface area contributed by atoms with Gasteiger partial charge in [0.1, 0.15) is 5.82 Å². The van der Waals surface area contributed by atoms with Gasteiger partial charge >= 0.3 is 0 Å². The minimum absolute atomic E-state index is 0.00858. The van der Waals surface area contributed by atoms with Crippen LogP contribution in [0.25, 0.3) is 10.9 Å². The number of aromatic nitrogens is 2. The molecule has 0 aliphatic carbocycles. The maximum absolute atomic E-state index is 13.1. The van der Waals surface area contributed by atoms with Crippen molar-refractivity contribution in [1.82, 2.24) is 14.5 Å². The van der Waals surface area contributed by atoms with Crippen LogP contribution in [0.1, 0.15) is 54.4 Å². The van der Waals surface area contributed by atoms with Gasteiger partial charge < -0.3 is 14.4 Å². The molecule has 0 fully saturated rings. The summed E-state index contributed by atoms with van der Waals surface area (Å²) in [6.45, 7) is 3.61. The lowest BCUT2D eigenvalue weighted by Gasteiger charge is -2.19. The zero-order valence-corrected chi connectivity index (χ0v) is 19.6. The van der Waals surface area contributed by atoms with Crippen molar-refractivity contribution in [2.75, 3.05) is 20.8 Å². The Balaban J connectivity index is 1.58. The number of ether oxygens (including phenoxy) is 2. The summed E-state index contributed by atoms with van der Waals surface area (Å²) in [5, 5.41) is 0.565. The molecular formula is C26H31N3O4. The molecule has 0 bridgehead atoms. The number of fused-ring (bicyclic) bond motifs is 2. The number of nitrogens with zero attached hydrogens (tertiary/aromatic N) is 3. The highest BCUT2D eigenvalue weighted by Crippen LogP contribution is 2.28. The van der Waals surface area contributed by atoms with Crippen molar-refractivity contribution in [2.24, 2.45) is 0 Å². The monoisotopic (exact) mass is 449 g/mol. The second kappa shape index (κ2) is 10.1. The number of carbonyl (C=O) groups is 1. The van der Waals surface area contributed by atoms with Crippen LogP contribution >= 0.6 is 0 Å². The summed E-state index contributed by atoms with van der Waals surface area (Å²) in [5.74, 6) is 2.02. The van der Waals surface area contributed by atoms with E-state index in [1.807, 2.05) is 29.7 Å². The van der Waals surface area contributed by atoms with Gasteiger partial charge in [0.2, 0.25) is 0 Å². The van der Waals surface area contributed by atoms with E-state index < -0.39 is 0 Å². The summed E-state index contributed by atoms with van der Waals surface area (Å²) < 4.78 is 12.8. The normalized spacial score (nSPS) is 13.7. The second-order valence-corrected chi connectivity index (χ2v) is 8.46. The van der Waals surface area contributed by atoms with Gasteiger partial charge in [0.25, 0.3) is 11.5 Å². The maximum atomic E-state index is 13.1. The smallest absolute Gasteiger partial charge is 0.261 e. The summed E-state index contributed by atoms with van der Waals surface area (Å²) in [7, 11) is 3.36. The van der Waals surface area contributed by atoms with Gasteiger partial charge in [0, 0.05) is 32.1 Å². The first-order valence-electron chi connectivity index (χ1n) is 11.6. The summed E-state index contributed by atoms with van der Waals surface area (Å²) >= 11 is 0. The molecule has 0 saturated heterocycles. The van der Waals surface area contributed by atoms with E-state index in [2.05, 4.69) is 0 Å². The van der Waals surface area contributed by atoms with Gasteiger partial charge in [-0.1, -0.05) is 18.9 Å². The number of hydrogen-bond donors (Lipinski definition) is 0. The fraction of sp³-hybridized carbons (Fsp3) is 0.423. The van der Waals surface area contributed by atoms with Crippen molar-refractivity contribution >= 4 is 16.8 Å². The van der Waals surface area contributed by atoms with Gasteiger partial charge in [0.15, 0.2) is 11.5 Å². The molecule has 0 spiro atoms. The molecule has 33 heavy (non-hydrogen) atoms. The topological polar surface area (TPSA) is 73.7 Å². The summed E-state index contributed by atoms with van der Waals surface area (Å²) in [6.07, 6.45) is 5.13. The maximum Gasteiger partial charge on any atom is 0.261 e. The van der Waals surface area contributed by atoms with Crippen LogP contribution in [0.15, 0.2) is 41.2 Å². The van der Waals surface area contributed by atoms with Gasteiger partial charge in [-0.15, -0.1) is 0 Å². The minimum Gasteiger partial charge on any atom is -0.493 e. The van der Waals surface area contributed by atoms with Gasteiger partial charge in [-0.05, 0) is 55.7 Å². The average molecular weight is 450 g/mol. The first kappa shape index (κ1) is 22.8. The third kappa shape index (κ3) is 4.87. The molecule has 1 aliphatic heterocycles. The molecule has 0 N–H and O–H groups in total. The molecule has 1 aliphatic rings. The van der Waals surface area contributed by atoms with E-state index in [0.29, 0.717) is 47.7 Å². The Hall–Kier alpha value is -3.35. The standard InChI is InChI=1S/C26H31N3O4/c1-4-33-22-13-10-18(15-23(22)32-3)17-28(2)25(30)19-11-12-20-21(16-19)27-24-9-7-5-6-8-14-29(24)26(20)31/h10-13,15-16H,4-9,14,17H2,1-3H3. The van der Waals surface area contributed by atoms with Crippen LogP contribution in [-0.2, 0) is 19.5 Å². The van der Waals surface area contributed by atoms with Crippen LogP contribution in [0.4, 0.5) is 0 Å². The van der Waals surface area contributed by atoms with Gasteiger partial charge in [-0.2, -0.15) is 0 Å². The first-order valence-corrected chi connectivity index (χ1v) is 11.6. The average Bonchev–Trinajstić information content (AvgIpc) is 2.80. The molecule has 3 aromatic rings. The van der Waals surface area contributed by atoms with Crippen molar-refractivity contribution in [1.29, 1.82) is 0 Å². The molecule has 2 aromatic carbocycles. The Morgan fingerprint density at radius 1 is 1.09 bits per heavy atom. The summed E-state index contributed by atoms with van der Waals surface area (Å²) in [4.78, 5) is 32.6. The number of methoxy groups -OCH3 is 1. The third-order valence-corrected chi connectivity index (χ3v) is 6.11. The molecular weight excluding hydrogens is 418 g/mol. The van der Waals surface area contributed by atoms with E-state index >= 15 is 0 Å². The van der Waals surface area contributed by atoms with Crippen molar-refractivity contribution < 1.29 is 14.3 Å². The van der Waals surface area contributed by atoms with E-state index in [9.17, 15) is 9.59 Å². The predicted octanol–water partition coefficient (Wildman–Crippen LogP) is 4.19. The quantitative estimate of drug-likeness (QED) is 0.564. The Bertz CT molecular complexity index is 1220. The van der Waals surface area contributed by atoms with E-state index in [0.717, 1.165) is 43.5 Å². The van der Waals surface area contributed by atoms with E-state index in [4.69, 9.17) is 14.5 Å². The zero-order chi connectivity index (χ0) is 23.4. The highest BCUT2D eigenvalue weighted by Gasteiger charge is 2.17. The van der Waals surface area contributed by atoms with Crippen LogP contribution in [0.3, 0.4) is 0 Å². The molecule has 7 heteroatoms. The fourth-order valence-corrected chi connectivity index (χ4v) is 4.38. The van der Waals surface area contributed by atoms with Crippen molar-refractivity contribution in [3.8, 4) is 11.5 Å². The van der Waals surface area contributed by atoms with Gasteiger partial charge in [0.05, 0.1) is 24.6 Å². The van der Waals surface area contributed by atoms with Crippen LogP contribution in [0, 0.1) is 0 Å². The molecule has 174 valence electrons. The minimum atomic E-state index is -0.126. The van der Waals surface area contributed by atoms with Crippen molar-refractivity contribution in [3.05, 3.63) is 63.7 Å². The number of carbonyl (C=O) groups excluding carboxylic acids is 1. The predicted molar refractivity (Wildman–Crippen MR) is 128 cm³/mol. The highest BCUT2D eigenvalue weighted by atomic mass is 16.5. The van der Waals surface area contributed by atoms with Crippen LogP contribution in [-0.4, -0.2) is 41.1 Å². The molecule has 0 atom stereocenters. The highest BCUT2D eigenvalue weighted by molar-refractivity contribution is 5.97. The van der Waals surface area contributed by atoms with E-state index in [-0.39, 0.29) is 11.5 Å². The molecule has 1 amide bonds. The summed E-state index contributed by atoms with van der Waals surface area (Å²) in [6, 6.07) is 10.9. The number of aryl methyl sites for hydroxylation is 1. The Morgan fingerprint density at radius 2 is 1.91 bits per heavy atom. The number of rotatable bonds is 6. The fourth-order valence-electron chi connectivity index (χ4n) is 4.38. The first-order chi connectivity index (χ1) is 16.0. The number of benzene rings is 2. The number of hydrogen-bond acceptors (Lipinski definition) is 5. The lowest BCUT2D eigenvalue weighted by molar-refractivity contribution is 0.0785. The van der Waals surface area contributed by atoms with Crippen molar-refractivity contribution in [2.45, 2.75) is 52.1 Å². The lowest BCUT2D eigenvalue weighted by Crippen LogP contribution is -2.28. The SMILES string of the molecule is CCOc1ccc(CN(C)C(=O)c2ccc3c(=O)n4c(nc3c2)CCCCCC4)cc1OC. The molecule has 7 nitrogen and oxygen atoms in total. The van der Waals surface area contributed by atoms with Crippen LogP contribution in [0.5, 0.6) is 11.5 Å². The van der Waals surface area contributed by atoms with Crippen LogP contribution in [0.2, 0.25) is 0 Å². The molecule has 2 heterocycles. The zero-order valence-electron chi connectivity index (χ0n) is 19.6. The van der Waals surface area contributed by atoms with E-state index in [1.54, 1.807) is 37.3 Å². The molecule has 0 unspecified atom stereocenters. The van der Waals surface area contributed by atoms with Crippen molar-refractivity contribution in [3.63, 3.8) is 0 Å². The number of amides is 1. The Labute approximate surface area is 194 Å². The van der Waals surface area contributed by atoms with Crippen LogP contribution < -0.4 is 15.0 Å². The third-order valence-electron chi connectivity index (χ3n) is 6.11. The molecule has 0 saturated carbocycles.